The van der Waals surface area contributed by atoms with E-state index in [2.05, 4.69) is 10.3 Å². The Morgan fingerprint density at radius 2 is 1.65 bits per heavy atom. The molecule has 1 amide bonds. The first kappa shape index (κ1) is 23.4. The maximum absolute atomic E-state index is 12.3. The van der Waals surface area contributed by atoms with E-state index < -0.39 is 23.9 Å². The Hall–Kier alpha value is -3.88. The summed E-state index contributed by atoms with van der Waals surface area (Å²) >= 11 is 0. The highest BCUT2D eigenvalue weighted by atomic mass is 16.5. The molecule has 1 atom stereocenters. The zero-order valence-electron chi connectivity index (χ0n) is 17.4. The van der Waals surface area contributed by atoms with Crippen molar-refractivity contribution in [3.8, 4) is 5.75 Å². The minimum atomic E-state index is -1.06. The predicted octanol–water partition coefficient (Wildman–Crippen LogP) is 1.97. The highest BCUT2D eigenvalue weighted by Crippen LogP contribution is 2.17. The normalized spacial score (nSPS) is 11.5. The maximum Gasteiger partial charge on any atom is 0.343 e. The highest BCUT2D eigenvalue weighted by molar-refractivity contribution is 5.91. The molecule has 9 nitrogen and oxygen atoms in total. The van der Waals surface area contributed by atoms with Crippen LogP contribution in [-0.2, 0) is 16.0 Å². The number of ether oxygens (including phenoxy) is 1. The first-order valence-corrected chi connectivity index (χ1v) is 9.67. The topological polar surface area (TPSA) is 157 Å². The summed E-state index contributed by atoms with van der Waals surface area (Å²) in [5, 5.41) is 11.8. The standard InChI is InChI=1S/C22H26N4O5/c1-13(2)11-18(20(28)29)26-19(27)12-14-3-9-17(10-4-14)31-21(30)15-5-7-16(8-6-15)25-22(23)24/h3-10,13,18H,11-12H2,1-2H3,(H,26,27)(H,28,29)(H4,23,24,25)/t18-/m1/s1. The molecule has 31 heavy (non-hydrogen) atoms. The van der Waals surface area contributed by atoms with Gasteiger partial charge in [0.1, 0.15) is 11.8 Å². The van der Waals surface area contributed by atoms with Gasteiger partial charge in [-0.2, -0.15) is 0 Å². The molecule has 9 heteroatoms. The lowest BCUT2D eigenvalue weighted by Gasteiger charge is -2.16. The quantitative estimate of drug-likeness (QED) is 0.207. The smallest absolute Gasteiger partial charge is 0.343 e. The molecule has 0 aromatic heterocycles. The summed E-state index contributed by atoms with van der Waals surface area (Å²) in [6, 6.07) is 11.7. The third-order valence-corrected chi connectivity index (χ3v) is 4.20. The van der Waals surface area contributed by atoms with Crippen molar-refractivity contribution in [3.63, 3.8) is 0 Å². The molecule has 164 valence electrons. The number of esters is 1. The van der Waals surface area contributed by atoms with Crippen molar-refractivity contribution >= 4 is 29.5 Å². The van der Waals surface area contributed by atoms with Crippen LogP contribution in [0.1, 0.15) is 36.2 Å². The molecule has 0 aliphatic carbocycles. The van der Waals surface area contributed by atoms with Crippen LogP contribution in [0.4, 0.5) is 5.69 Å². The Labute approximate surface area is 180 Å². The van der Waals surface area contributed by atoms with Crippen LogP contribution in [0.25, 0.3) is 0 Å². The van der Waals surface area contributed by atoms with Crippen LogP contribution >= 0.6 is 0 Å². The number of carboxylic acid groups (broad SMARTS) is 1. The van der Waals surface area contributed by atoms with E-state index >= 15 is 0 Å². The number of nitrogens with zero attached hydrogens (tertiary/aromatic N) is 1. The fourth-order valence-corrected chi connectivity index (χ4v) is 2.79. The SMILES string of the molecule is CC(C)C[C@@H](NC(=O)Cc1ccc(OC(=O)c2ccc(N=C(N)N)cc2)cc1)C(=O)O. The number of benzene rings is 2. The van der Waals surface area contributed by atoms with E-state index in [4.69, 9.17) is 16.2 Å². The van der Waals surface area contributed by atoms with E-state index in [1.54, 1.807) is 48.5 Å². The Bertz CT molecular complexity index is 949. The monoisotopic (exact) mass is 426 g/mol. The summed E-state index contributed by atoms with van der Waals surface area (Å²) in [4.78, 5) is 39.6. The lowest BCUT2D eigenvalue weighted by atomic mass is 10.0. The Morgan fingerprint density at radius 1 is 1.03 bits per heavy atom. The minimum absolute atomic E-state index is 0.0162. The number of nitrogens with two attached hydrogens (primary N) is 2. The number of carbonyl (C=O) groups is 3. The number of guanidine groups is 1. The summed E-state index contributed by atoms with van der Waals surface area (Å²) < 4.78 is 5.32. The zero-order chi connectivity index (χ0) is 23.0. The van der Waals surface area contributed by atoms with Gasteiger partial charge in [-0.1, -0.05) is 26.0 Å². The second-order valence-electron chi connectivity index (χ2n) is 7.38. The zero-order valence-corrected chi connectivity index (χ0v) is 17.4. The van der Waals surface area contributed by atoms with Gasteiger partial charge in [-0.15, -0.1) is 0 Å². The summed E-state index contributed by atoms with van der Waals surface area (Å²) in [6.07, 6.45) is 0.366. The molecular weight excluding hydrogens is 400 g/mol. The first-order valence-electron chi connectivity index (χ1n) is 9.67. The molecule has 2 rings (SSSR count). The lowest BCUT2D eigenvalue weighted by Crippen LogP contribution is -2.42. The second kappa shape index (κ2) is 10.8. The van der Waals surface area contributed by atoms with Gasteiger partial charge in [-0.3, -0.25) is 4.79 Å². The molecule has 0 fully saturated rings. The van der Waals surface area contributed by atoms with Gasteiger partial charge in [-0.05, 0) is 54.3 Å². The Kier molecular flexibility index (Phi) is 8.13. The van der Waals surface area contributed by atoms with Gasteiger partial charge in [-0.25, -0.2) is 14.6 Å². The molecule has 0 spiro atoms. The number of carboxylic acids is 1. The van der Waals surface area contributed by atoms with E-state index in [9.17, 15) is 19.5 Å². The largest absolute Gasteiger partial charge is 0.480 e. The average Bonchev–Trinajstić information content (AvgIpc) is 2.68. The number of carbonyl (C=O) groups excluding carboxylic acids is 2. The molecule has 0 saturated heterocycles. The van der Waals surface area contributed by atoms with Crippen LogP contribution < -0.4 is 21.5 Å². The van der Waals surface area contributed by atoms with Crippen LogP contribution in [0.5, 0.6) is 5.75 Å². The Balaban J connectivity index is 1.94. The lowest BCUT2D eigenvalue weighted by molar-refractivity contribution is -0.142. The van der Waals surface area contributed by atoms with Crippen molar-refractivity contribution in [1.29, 1.82) is 0 Å². The number of hydrogen-bond acceptors (Lipinski definition) is 5. The fourth-order valence-electron chi connectivity index (χ4n) is 2.79. The van der Waals surface area contributed by atoms with Crippen molar-refractivity contribution in [2.45, 2.75) is 32.7 Å². The summed E-state index contributed by atoms with van der Waals surface area (Å²) in [6.45, 7) is 3.78. The van der Waals surface area contributed by atoms with Crippen molar-refractivity contribution < 1.29 is 24.2 Å². The number of rotatable bonds is 9. The van der Waals surface area contributed by atoms with Crippen molar-refractivity contribution in [1.82, 2.24) is 5.32 Å². The van der Waals surface area contributed by atoms with E-state index in [-0.39, 0.29) is 18.3 Å². The maximum atomic E-state index is 12.3. The van der Waals surface area contributed by atoms with Crippen LogP contribution in [0, 0.1) is 5.92 Å². The van der Waals surface area contributed by atoms with E-state index in [0.717, 1.165) is 0 Å². The fraction of sp³-hybridized carbons (Fsp3) is 0.273. The number of aliphatic imine (C=N–C) groups is 1. The molecular formula is C22H26N4O5. The van der Waals surface area contributed by atoms with E-state index in [1.165, 1.54) is 0 Å². The van der Waals surface area contributed by atoms with Gasteiger partial charge in [0.25, 0.3) is 0 Å². The van der Waals surface area contributed by atoms with Crippen LogP contribution in [-0.4, -0.2) is 35.0 Å². The van der Waals surface area contributed by atoms with Gasteiger partial charge in [0, 0.05) is 0 Å². The molecule has 6 N–H and O–H groups in total. The molecule has 0 unspecified atom stereocenters. The number of amides is 1. The first-order chi connectivity index (χ1) is 14.6. The molecule has 2 aromatic carbocycles. The molecule has 0 aliphatic rings. The number of aliphatic carboxylic acids is 1. The summed E-state index contributed by atoms with van der Waals surface area (Å²) in [7, 11) is 0. The van der Waals surface area contributed by atoms with Gasteiger partial charge >= 0.3 is 11.9 Å². The third-order valence-electron chi connectivity index (χ3n) is 4.20. The minimum Gasteiger partial charge on any atom is -0.480 e. The van der Waals surface area contributed by atoms with Gasteiger partial charge < -0.3 is 26.6 Å². The van der Waals surface area contributed by atoms with Gasteiger partial charge in [0.05, 0.1) is 17.7 Å². The van der Waals surface area contributed by atoms with Crippen LogP contribution in [0.15, 0.2) is 53.5 Å². The molecule has 0 radical (unpaired) electrons. The second-order valence-corrected chi connectivity index (χ2v) is 7.38. The number of hydrogen-bond donors (Lipinski definition) is 4. The van der Waals surface area contributed by atoms with Crippen molar-refractivity contribution in [2.75, 3.05) is 0 Å². The molecule has 0 saturated carbocycles. The molecule has 0 bridgehead atoms. The van der Waals surface area contributed by atoms with Crippen molar-refractivity contribution in [3.05, 3.63) is 59.7 Å². The summed E-state index contributed by atoms with van der Waals surface area (Å²) in [5.41, 5.74) is 12.1. The Morgan fingerprint density at radius 3 is 2.16 bits per heavy atom. The van der Waals surface area contributed by atoms with Gasteiger partial charge in [0.15, 0.2) is 5.96 Å². The highest BCUT2D eigenvalue weighted by Gasteiger charge is 2.21. The molecule has 0 aliphatic heterocycles. The van der Waals surface area contributed by atoms with E-state index in [0.29, 0.717) is 29.0 Å². The molecule has 0 heterocycles. The summed E-state index contributed by atoms with van der Waals surface area (Å²) in [5.74, 6) is -1.64. The number of nitrogens with one attached hydrogen (secondary N) is 1. The molecule has 2 aromatic rings. The van der Waals surface area contributed by atoms with Crippen LogP contribution in [0.3, 0.4) is 0 Å². The average molecular weight is 426 g/mol. The van der Waals surface area contributed by atoms with E-state index in [1.807, 2.05) is 13.8 Å². The van der Waals surface area contributed by atoms with Crippen molar-refractivity contribution in [2.24, 2.45) is 22.4 Å². The third kappa shape index (κ3) is 7.81. The van der Waals surface area contributed by atoms with Crippen LogP contribution in [0.2, 0.25) is 0 Å². The predicted molar refractivity (Wildman–Crippen MR) is 116 cm³/mol. The van der Waals surface area contributed by atoms with Gasteiger partial charge in [0.2, 0.25) is 5.91 Å².